The van der Waals surface area contributed by atoms with Crippen LogP contribution in [0.5, 0.6) is 0 Å². The summed E-state index contributed by atoms with van der Waals surface area (Å²) in [5, 5.41) is 4.46. The van der Waals surface area contributed by atoms with Gasteiger partial charge in [0.05, 0.1) is 12.3 Å². The Kier molecular flexibility index (Phi) is 3.87. The van der Waals surface area contributed by atoms with Gasteiger partial charge in [0, 0.05) is 24.7 Å². The second kappa shape index (κ2) is 6.20. The second-order valence-corrected chi connectivity index (χ2v) is 6.30. The average molecular weight is 337 g/mol. The number of aromatic nitrogens is 3. The van der Waals surface area contributed by atoms with Crippen molar-refractivity contribution in [2.45, 2.75) is 32.2 Å². The molecule has 1 aliphatic rings. The number of hydrogen-bond acceptors (Lipinski definition) is 4. The fourth-order valence-corrected chi connectivity index (χ4v) is 2.97. The Labute approximate surface area is 144 Å². The van der Waals surface area contributed by atoms with Crippen LogP contribution in [0.4, 0.5) is 0 Å². The zero-order chi connectivity index (χ0) is 17.4. The summed E-state index contributed by atoms with van der Waals surface area (Å²) < 4.78 is 8.26. The lowest BCUT2D eigenvalue weighted by Crippen LogP contribution is -2.27. The van der Waals surface area contributed by atoms with E-state index in [9.17, 15) is 9.59 Å². The highest BCUT2D eigenvalue weighted by Crippen LogP contribution is 2.39. The molecule has 1 saturated carbocycles. The van der Waals surface area contributed by atoms with Crippen molar-refractivity contribution in [3.8, 4) is 0 Å². The molecule has 0 saturated heterocycles. The van der Waals surface area contributed by atoms with E-state index in [2.05, 4.69) is 5.10 Å². The summed E-state index contributed by atoms with van der Waals surface area (Å²) in [4.78, 5) is 24.9. The zero-order valence-corrected chi connectivity index (χ0v) is 14.0. The van der Waals surface area contributed by atoms with Crippen molar-refractivity contribution in [1.82, 2.24) is 14.2 Å². The Morgan fingerprint density at radius 2 is 2.04 bits per heavy atom. The molecule has 6 heteroatoms. The first-order valence-corrected chi connectivity index (χ1v) is 8.51. The topological polar surface area (TPSA) is 65.6 Å². The molecule has 2 aromatic heterocycles. The smallest absolute Gasteiger partial charge is 0.345 e. The average Bonchev–Trinajstić information content (AvgIpc) is 3.37. The monoisotopic (exact) mass is 337 g/mol. The van der Waals surface area contributed by atoms with E-state index < -0.39 is 11.5 Å². The number of benzene rings is 1. The van der Waals surface area contributed by atoms with E-state index in [4.69, 9.17) is 4.74 Å². The van der Waals surface area contributed by atoms with E-state index in [1.54, 1.807) is 13.1 Å². The Balaban J connectivity index is 1.87. The van der Waals surface area contributed by atoms with Crippen molar-refractivity contribution in [3.05, 3.63) is 69.8 Å². The summed E-state index contributed by atoms with van der Waals surface area (Å²) in [7, 11) is 0. The number of rotatable bonds is 5. The van der Waals surface area contributed by atoms with Crippen molar-refractivity contribution in [1.29, 1.82) is 0 Å². The highest BCUT2D eigenvalue weighted by Gasteiger charge is 2.28. The van der Waals surface area contributed by atoms with Crippen LogP contribution < -0.4 is 5.56 Å². The minimum atomic E-state index is -0.611. The van der Waals surface area contributed by atoms with E-state index >= 15 is 0 Å². The third kappa shape index (κ3) is 2.95. The van der Waals surface area contributed by atoms with Gasteiger partial charge in [0.2, 0.25) is 0 Å². The summed E-state index contributed by atoms with van der Waals surface area (Å²) in [6.45, 7) is 2.49. The molecule has 4 rings (SSSR count). The number of esters is 1. The van der Waals surface area contributed by atoms with Gasteiger partial charge in [-0.05, 0) is 25.3 Å². The Hall–Kier alpha value is -2.89. The Morgan fingerprint density at radius 3 is 2.72 bits per heavy atom. The van der Waals surface area contributed by atoms with Gasteiger partial charge in [0.15, 0.2) is 0 Å². The van der Waals surface area contributed by atoms with Gasteiger partial charge in [-0.3, -0.25) is 4.79 Å². The van der Waals surface area contributed by atoms with Crippen LogP contribution in [0, 0.1) is 0 Å². The lowest BCUT2D eigenvalue weighted by molar-refractivity contribution is 0.0523. The normalized spacial score (nSPS) is 14.0. The molecule has 3 aromatic rings. The van der Waals surface area contributed by atoms with Crippen molar-refractivity contribution in [2.24, 2.45) is 0 Å². The summed E-state index contributed by atoms with van der Waals surface area (Å²) in [5.41, 5.74) is 2.28. The number of hydrogen-bond donors (Lipinski definition) is 0. The number of carbonyl (C=O) groups excluding carboxylic acids is 1. The molecular formula is C19H19N3O3. The van der Waals surface area contributed by atoms with Crippen molar-refractivity contribution in [2.75, 3.05) is 6.61 Å². The molecular weight excluding hydrogens is 318 g/mol. The van der Waals surface area contributed by atoms with Gasteiger partial charge in [-0.1, -0.05) is 30.3 Å². The predicted octanol–water partition coefficient (Wildman–Crippen LogP) is 2.60. The lowest BCUT2D eigenvalue weighted by atomic mass is 10.2. The maximum Gasteiger partial charge on any atom is 0.345 e. The fourth-order valence-electron chi connectivity index (χ4n) is 2.97. The molecule has 0 radical (unpaired) electrons. The number of carbonyl (C=O) groups is 1. The first-order chi connectivity index (χ1) is 12.2. The molecule has 25 heavy (non-hydrogen) atoms. The third-order valence-electron chi connectivity index (χ3n) is 4.40. The summed E-state index contributed by atoms with van der Waals surface area (Å²) in [6.07, 6.45) is 3.78. The van der Waals surface area contributed by atoms with Crippen LogP contribution in [0.15, 0.2) is 47.4 Å². The highest BCUT2D eigenvalue weighted by molar-refractivity contribution is 5.88. The molecule has 128 valence electrons. The number of fused-ring (bicyclic) bond motifs is 1. The number of nitrogens with zero attached hydrogens (tertiary/aromatic N) is 3. The van der Waals surface area contributed by atoms with Crippen molar-refractivity contribution >= 4 is 11.6 Å². The van der Waals surface area contributed by atoms with Crippen molar-refractivity contribution < 1.29 is 9.53 Å². The van der Waals surface area contributed by atoms with Crippen LogP contribution in [0.25, 0.3) is 5.65 Å². The first kappa shape index (κ1) is 15.6. The second-order valence-electron chi connectivity index (χ2n) is 6.30. The molecule has 1 aliphatic carbocycles. The van der Waals surface area contributed by atoms with E-state index in [1.165, 1.54) is 4.52 Å². The minimum absolute atomic E-state index is 0.00993. The van der Waals surface area contributed by atoms with Gasteiger partial charge < -0.3 is 9.30 Å². The van der Waals surface area contributed by atoms with Gasteiger partial charge in [0.1, 0.15) is 11.2 Å². The molecule has 6 nitrogen and oxygen atoms in total. The summed E-state index contributed by atoms with van der Waals surface area (Å²) in [5.74, 6) is -0.185. The van der Waals surface area contributed by atoms with Gasteiger partial charge in [-0.2, -0.15) is 9.61 Å². The molecule has 0 spiro atoms. The van der Waals surface area contributed by atoms with Gasteiger partial charge in [-0.25, -0.2) is 4.79 Å². The summed E-state index contributed by atoms with van der Waals surface area (Å²) >= 11 is 0. The molecule has 1 aromatic carbocycles. The van der Waals surface area contributed by atoms with Gasteiger partial charge >= 0.3 is 5.97 Å². The van der Waals surface area contributed by atoms with E-state index in [0.717, 1.165) is 24.1 Å². The molecule has 2 heterocycles. The standard InChI is InChI=1S/C19H19N3O3/c1-2-25-19(24)15-12-21(11-13-6-4-3-5-7-13)17-10-16(14-8-9-14)20-22(17)18(15)23/h3-7,10,12,14H,2,8-9,11H2,1H3. The van der Waals surface area contributed by atoms with E-state index in [1.807, 2.05) is 41.0 Å². The number of ether oxygens (including phenoxy) is 1. The lowest BCUT2D eigenvalue weighted by Gasteiger charge is -2.11. The quantitative estimate of drug-likeness (QED) is 0.671. The van der Waals surface area contributed by atoms with Crippen molar-refractivity contribution in [3.63, 3.8) is 0 Å². The van der Waals surface area contributed by atoms with Crippen LogP contribution in [-0.2, 0) is 11.3 Å². The fraction of sp³-hybridized carbons (Fsp3) is 0.316. The predicted molar refractivity (Wildman–Crippen MR) is 92.9 cm³/mol. The molecule has 1 fully saturated rings. The third-order valence-corrected chi connectivity index (χ3v) is 4.40. The highest BCUT2D eigenvalue weighted by atomic mass is 16.5. The Bertz CT molecular complexity index is 984. The van der Waals surface area contributed by atoms with Crippen LogP contribution >= 0.6 is 0 Å². The Morgan fingerprint density at radius 1 is 1.28 bits per heavy atom. The van der Waals surface area contributed by atoms with Crippen LogP contribution in [0.2, 0.25) is 0 Å². The largest absolute Gasteiger partial charge is 0.462 e. The molecule has 0 N–H and O–H groups in total. The molecule has 0 bridgehead atoms. The van der Waals surface area contributed by atoms with Crippen LogP contribution in [-0.4, -0.2) is 26.8 Å². The molecule has 0 aliphatic heterocycles. The maximum absolute atomic E-state index is 12.7. The molecule has 0 atom stereocenters. The van der Waals surface area contributed by atoms with Crippen LogP contribution in [0.3, 0.4) is 0 Å². The first-order valence-electron chi connectivity index (χ1n) is 8.51. The zero-order valence-electron chi connectivity index (χ0n) is 14.0. The SMILES string of the molecule is CCOC(=O)c1cn(Cc2ccccc2)c2cc(C3CC3)nn2c1=O. The van der Waals surface area contributed by atoms with E-state index in [-0.39, 0.29) is 12.2 Å². The van der Waals surface area contributed by atoms with E-state index in [0.29, 0.717) is 18.1 Å². The van der Waals surface area contributed by atoms with Gasteiger partial charge in [-0.15, -0.1) is 0 Å². The van der Waals surface area contributed by atoms with Gasteiger partial charge in [0.25, 0.3) is 5.56 Å². The minimum Gasteiger partial charge on any atom is -0.462 e. The summed E-state index contributed by atoms with van der Waals surface area (Å²) in [6, 6.07) is 11.9. The maximum atomic E-state index is 12.7. The molecule has 0 unspecified atom stereocenters. The molecule has 0 amide bonds. The van der Waals surface area contributed by atoms with Crippen LogP contribution in [0.1, 0.15) is 47.3 Å².